The molecule has 0 N–H and O–H groups in total. The van der Waals surface area contributed by atoms with E-state index >= 15 is 0 Å². The van der Waals surface area contributed by atoms with Crippen LogP contribution in [-0.2, 0) is 4.79 Å². The van der Waals surface area contributed by atoms with E-state index in [1.54, 1.807) is 0 Å². The number of halogens is 1. The minimum Gasteiger partial charge on any atom is -0.489 e. The third kappa shape index (κ3) is 5.17. The SMILES string of the molecule is CC1=NN(c2ccccc2)C(=O)/C1=C/c1cc(Br)ccc1OCCOc1c(C)cccc1C. The van der Waals surface area contributed by atoms with E-state index in [1.165, 1.54) is 5.01 Å². The maximum atomic E-state index is 13.1. The van der Waals surface area contributed by atoms with Crippen LogP contribution in [-0.4, -0.2) is 24.8 Å². The van der Waals surface area contributed by atoms with Crippen LogP contribution in [0.1, 0.15) is 23.6 Å². The van der Waals surface area contributed by atoms with Gasteiger partial charge in [0, 0.05) is 10.0 Å². The van der Waals surface area contributed by atoms with Gasteiger partial charge < -0.3 is 9.47 Å². The summed E-state index contributed by atoms with van der Waals surface area (Å²) in [6.07, 6.45) is 1.83. The van der Waals surface area contributed by atoms with Crippen LogP contribution in [0.2, 0.25) is 0 Å². The van der Waals surface area contributed by atoms with Crippen molar-refractivity contribution in [2.45, 2.75) is 20.8 Å². The number of ether oxygens (including phenoxy) is 2. The Bertz CT molecular complexity index is 1220. The van der Waals surface area contributed by atoms with Gasteiger partial charge in [-0.1, -0.05) is 52.3 Å². The zero-order valence-corrected chi connectivity index (χ0v) is 20.4. The van der Waals surface area contributed by atoms with Gasteiger partial charge in [0.15, 0.2) is 0 Å². The van der Waals surface area contributed by atoms with E-state index in [0.29, 0.717) is 30.2 Å². The van der Waals surface area contributed by atoms with Crippen molar-refractivity contribution >= 4 is 39.3 Å². The smallest absolute Gasteiger partial charge is 0.280 e. The van der Waals surface area contributed by atoms with Crippen molar-refractivity contribution in [2.24, 2.45) is 5.10 Å². The Balaban J connectivity index is 1.50. The zero-order chi connectivity index (χ0) is 23.4. The largest absolute Gasteiger partial charge is 0.489 e. The van der Waals surface area contributed by atoms with Crippen molar-refractivity contribution in [2.75, 3.05) is 18.2 Å². The number of amides is 1. The van der Waals surface area contributed by atoms with Crippen molar-refractivity contribution in [3.63, 3.8) is 0 Å². The van der Waals surface area contributed by atoms with Crippen LogP contribution in [0.4, 0.5) is 5.69 Å². The highest BCUT2D eigenvalue weighted by atomic mass is 79.9. The highest BCUT2D eigenvalue weighted by molar-refractivity contribution is 9.10. The predicted molar refractivity (Wildman–Crippen MR) is 136 cm³/mol. The molecule has 1 aliphatic rings. The van der Waals surface area contributed by atoms with Crippen LogP contribution in [0.25, 0.3) is 6.08 Å². The summed E-state index contributed by atoms with van der Waals surface area (Å²) in [5, 5.41) is 5.88. The summed E-state index contributed by atoms with van der Waals surface area (Å²) in [5.41, 5.74) is 4.92. The average molecular weight is 505 g/mol. The van der Waals surface area contributed by atoms with E-state index in [4.69, 9.17) is 9.47 Å². The summed E-state index contributed by atoms with van der Waals surface area (Å²) in [6.45, 7) is 6.69. The van der Waals surface area contributed by atoms with E-state index in [-0.39, 0.29) is 5.91 Å². The van der Waals surface area contributed by atoms with E-state index in [0.717, 1.165) is 32.6 Å². The molecule has 6 heteroatoms. The summed E-state index contributed by atoms with van der Waals surface area (Å²) >= 11 is 3.52. The standard InChI is InChI=1S/C27H25BrN2O3/c1-18-8-7-9-19(2)26(18)33-15-14-32-25-13-12-22(28)16-21(25)17-24-20(3)29-30(27(24)31)23-10-5-4-6-11-23/h4-13,16-17H,14-15H2,1-3H3/b24-17+. The lowest BCUT2D eigenvalue weighted by Gasteiger charge is -2.14. The molecule has 3 aromatic rings. The first kappa shape index (κ1) is 22.8. The normalized spacial score (nSPS) is 14.5. The molecule has 0 fully saturated rings. The van der Waals surface area contributed by atoms with Crippen LogP contribution >= 0.6 is 15.9 Å². The predicted octanol–water partition coefficient (Wildman–Crippen LogP) is 6.33. The Kier molecular flexibility index (Phi) is 6.94. The quantitative estimate of drug-likeness (QED) is 0.279. The summed E-state index contributed by atoms with van der Waals surface area (Å²) in [7, 11) is 0. The van der Waals surface area contributed by atoms with Gasteiger partial charge in [-0.25, -0.2) is 0 Å². The molecule has 1 heterocycles. The van der Waals surface area contributed by atoms with Gasteiger partial charge >= 0.3 is 0 Å². The highest BCUT2D eigenvalue weighted by Gasteiger charge is 2.28. The average Bonchev–Trinajstić information content (AvgIpc) is 3.08. The van der Waals surface area contributed by atoms with Crippen molar-refractivity contribution in [1.82, 2.24) is 0 Å². The number of nitrogens with zero attached hydrogens (tertiary/aromatic N) is 2. The van der Waals surface area contributed by atoms with Crippen LogP contribution in [0, 0.1) is 13.8 Å². The molecule has 168 valence electrons. The van der Waals surface area contributed by atoms with Crippen molar-refractivity contribution in [1.29, 1.82) is 0 Å². The monoisotopic (exact) mass is 504 g/mol. The van der Waals surface area contributed by atoms with Crippen molar-refractivity contribution in [3.8, 4) is 11.5 Å². The Morgan fingerprint density at radius 2 is 1.61 bits per heavy atom. The van der Waals surface area contributed by atoms with Crippen LogP contribution < -0.4 is 14.5 Å². The maximum Gasteiger partial charge on any atom is 0.280 e. The van der Waals surface area contributed by atoms with Gasteiger partial charge in [-0.05, 0) is 68.3 Å². The molecule has 1 amide bonds. The van der Waals surface area contributed by atoms with Gasteiger partial charge in [-0.15, -0.1) is 0 Å². The van der Waals surface area contributed by atoms with E-state index in [9.17, 15) is 4.79 Å². The van der Waals surface area contributed by atoms with E-state index in [2.05, 4.69) is 21.0 Å². The lowest BCUT2D eigenvalue weighted by atomic mass is 10.1. The van der Waals surface area contributed by atoms with Gasteiger partial charge in [0.25, 0.3) is 5.91 Å². The number of carbonyl (C=O) groups is 1. The first-order chi connectivity index (χ1) is 15.9. The molecule has 33 heavy (non-hydrogen) atoms. The number of para-hydroxylation sites is 2. The first-order valence-electron chi connectivity index (χ1n) is 10.7. The lowest BCUT2D eigenvalue weighted by molar-refractivity contribution is -0.114. The molecule has 0 aromatic heterocycles. The van der Waals surface area contributed by atoms with Crippen molar-refractivity contribution < 1.29 is 14.3 Å². The minimum absolute atomic E-state index is 0.164. The zero-order valence-electron chi connectivity index (χ0n) is 18.8. The molecule has 0 saturated heterocycles. The van der Waals surface area contributed by atoms with Gasteiger partial charge in [0.2, 0.25) is 0 Å². The molecular weight excluding hydrogens is 480 g/mol. The van der Waals surface area contributed by atoms with Crippen LogP contribution in [0.3, 0.4) is 0 Å². The number of hydrazone groups is 1. The minimum atomic E-state index is -0.164. The number of anilines is 1. The molecule has 1 aliphatic heterocycles. The molecule has 0 saturated carbocycles. The van der Waals surface area contributed by atoms with E-state index < -0.39 is 0 Å². The second-order valence-electron chi connectivity index (χ2n) is 7.80. The Morgan fingerprint density at radius 1 is 0.909 bits per heavy atom. The third-order valence-electron chi connectivity index (χ3n) is 5.33. The topological polar surface area (TPSA) is 51.1 Å². The fourth-order valence-electron chi connectivity index (χ4n) is 3.67. The summed E-state index contributed by atoms with van der Waals surface area (Å²) in [5.74, 6) is 1.40. The molecule has 0 spiro atoms. The number of hydrogen-bond donors (Lipinski definition) is 0. The molecular formula is C27H25BrN2O3. The second-order valence-corrected chi connectivity index (χ2v) is 8.71. The number of aryl methyl sites for hydroxylation is 2. The van der Waals surface area contributed by atoms with Crippen LogP contribution in [0.15, 0.2) is 81.9 Å². The summed E-state index contributed by atoms with van der Waals surface area (Å²) in [4.78, 5) is 13.1. The van der Waals surface area contributed by atoms with Gasteiger partial charge in [-0.2, -0.15) is 10.1 Å². The number of rotatable bonds is 7. The van der Waals surface area contributed by atoms with Gasteiger partial charge in [0.1, 0.15) is 24.7 Å². The first-order valence-corrected chi connectivity index (χ1v) is 11.5. The lowest BCUT2D eigenvalue weighted by Crippen LogP contribution is -2.21. The molecule has 0 radical (unpaired) electrons. The van der Waals surface area contributed by atoms with E-state index in [1.807, 2.05) is 93.6 Å². The van der Waals surface area contributed by atoms with Crippen LogP contribution in [0.5, 0.6) is 11.5 Å². The van der Waals surface area contributed by atoms with Gasteiger partial charge in [0.05, 0.1) is 17.0 Å². The Labute approximate surface area is 202 Å². The molecule has 4 rings (SSSR count). The number of benzene rings is 3. The fraction of sp³-hybridized carbons (Fsp3) is 0.185. The molecule has 0 atom stereocenters. The number of carbonyl (C=O) groups excluding carboxylic acids is 1. The molecule has 0 bridgehead atoms. The highest BCUT2D eigenvalue weighted by Crippen LogP contribution is 2.30. The molecule has 0 unspecified atom stereocenters. The van der Waals surface area contributed by atoms with Gasteiger partial charge in [-0.3, -0.25) is 4.79 Å². The third-order valence-corrected chi connectivity index (χ3v) is 5.82. The summed E-state index contributed by atoms with van der Waals surface area (Å²) in [6, 6.07) is 21.2. The second kappa shape index (κ2) is 10.0. The molecule has 3 aromatic carbocycles. The van der Waals surface area contributed by atoms with Crippen molar-refractivity contribution in [3.05, 3.63) is 93.5 Å². The summed E-state index contributed by atoms with van der Waals surface area (Å²) < 4.78 is 12.9. The number of hydrogen-bond acceptors (Lipinski definition) is 4. The maximum absolute atomic E-state index is 13.1. The Morgan fingerprint density at radius 3 is 2.33 bits per heavy atom. The molecule has 5 nitrogen and oxygen atoms in total. The fourth-order valence-corrected chi connectivity index (χ4v) is 4.05. The Hall–Kier alpha value is -3.38. The molecule has 0 aliphatic carbocycles.